The standard InChI is InChI=1S/C14H21ClN2O3S2/c15-13-4-5-14(21-13)22(18,19)17-8-6-16(7-9-17)11-12-3-1-2-10-20-12/h4-5,12H,1-3,6-11H2/p+1/t12-/m1/s1. The first-order valence-corrected chi connectivity index (χ1v) is 10.4. The Morgan fingerprint density at radius 3 is 2.68 bits per heavy atom. The van der Waals surface area contributed by atoms with Gasteiger partial charge < -0.3 is 9.64 Å². The lowest BCUT2D eigenvalue weighted by molar-refractivity contribution is -0.907. The van der Waals surface area contributed by atoms with Crippen LogP contribution in [-0.4, -0.2) is 58.2 Å². The molecular weight excluding hydrogens is 344 g/mol. The van der Waals surface area contributed by atoms with Crippen LogP contribution in [0.5, 0.6) is 0 Å². The van der Waals surface area contributed by atoms with Gasteiger partial charge in [0, 0.05) is 6.61 Å². The molecule has 0 radical (unpaired) electrons. The van der Waals surface area contributed by atoms with Crippen LogP contribution < -0.4 is 4.90 Å². The van der Waals surface area contributed by atoms with Crippen molar-refractivity contribution in [3.8, 4) is 0 Å². The van der Waals surface area contributed by atoms with E-state index in [-0.39, 0.29) is 0 Å². The lowest BCUT2D eigenvalue weighted by Crippen LogP contribution is -3.15. The summed E-state index contributed by atoms with van der Waals surface area (Å²) in [4.78, 5) is 1.45. The lowest BCUT2D eigenvalue weighted by Gasteiger charge is -2.33. The van der Waals surface area contributed by atoms with Gasteiger partial charge in [-0.3, -0.25) is 0 Å². The quantitative estimate of drug-likeness (QED) is 0.861. The van der Waals surface area contributed by atoms with Gasteiger partial charge in [-0.2, -0.15) is 4.31 Å². The second kappa shape index (κ2) is 7.15. The average molecular weight is 366 g/mol. The van der Waals surface area contributed by atoms with E-state index in [9.17, 15) is 8.42 Å². The van der Waals surface area contributed by atoms with Gasteiger partial charge in [-0.25, -0.2) is 8.42 Å². The third-order valence-electron chi connectivity index (χ3n) is 4.36. The zero-order valence-corrected chi connectivity index (χ0v) is 14.9. The fraction of sp³-hybridized carbons (Fsp3) is 0.714. The number of hydrogen-bond donors (Lipinski definition) is 1. The van der Waals surface area contributed by atoms with E-state index >= 15 is 0 Å². The molecule has 3 heterocycles. The van der Waals surface area contributed by atoms with E-state index in [0.717, 1.165) is 44.0 Å². The number of rotatable bonds is 4. The summed E-state index contributed by atoms with van der Waals surface area (Å²) in [7, 11) is -3.37. The van der Waals surface area contributed by atoms with Gasteiger partial charge in [0.2, 0.25) is 0 Å². The highest BCUT2D eigenvalue weighted by molar-refractivity contribution is 7.91. The molecule has 1 aromatic heterocycles. The van der Waals surface area contributed by atoms with Crippen molar-refractivity contribution in [1.82, 2.24) is 4.31 Å². The molecular formula is C14H22ClN2O3S2+. The van der Waals surface area contributed by atoms with Gasteiger partial charge in [0.05, 0.1) is 30.5 Å². The summed E-state index contributed by atoms with van der Waals surface area (Å²) >= 11 is 6.98. The molecule has 124 valence electrons. The largest absolute Gasteiger partial charge is 0.372 e. The Hall–Kier alpha value is -0.180. The molecule has 1 atom stereocenters. The molecule has 1 aromatic rings. The number of piperazine rings is 1. The fourth-order valence-corrected chi connectivity index (χ4v) is 6.18. The van der Waals surface area contributed by atoms with E-state index in [2.05, 4.69) is 0 Å². The highest BCUT2D eigenvalue weighted by Gasteiger charge is 2.32. The Bertz CT molecular complexity index is 591. The molecule has 2 fully saturated rings. The molecule has 2 aliphatic heterocycles. The second-order valence-electron chi connectivity index (χ2n) is 5.91. The van der Waals surface area contributed by atoms with Crippen LogP contribution in [0.25, 0.3) is 0 Å². The smallest absolute Gasteiger partial charge is 0.253 e. The van der Waals surface area contributed by atoms with E-state index in [1.807, 2.05) is 0 Å². The molecule has 5 nitrogen and oxygen atoms in total. The highest BCUT2D eigenvalue weighted by Crippen LogP contribution is 2.28. The van der Waals surface area contributed by atoms with Gasteiger partial charge in [0.1, 0.15) is 16.9 Å². The van der Waals surface area contributed by atoms with E-state index in [4.69, 9.17) is 16.3 Å². The van der Waals surface area contributed by atoms with Crippen LogP contribution in [-0.2, 0) is 14.8 Å². The summed E-state index contributed by atoms with van der Waals surface area (Å²) in [6.07, 6.45) is 3.90. The fourth-order valence-electron chi connectivity index (χ4n) is 3.10. The third-order valence-corrected chi connectivity index (χ3v) is 7.96. The van der Waals surface area contributed by atoms with Crippen molar-refractivity contribution in [2.24, 2.45) is 0 Å². The van der Waals surface area contributed by atoms with Gasteiger partial charge in [0.15, 0.2) is 0 Å². The minimum Gasteiger partial charge on any atom is -0.372 e. The van der Waals surface area contributed by atoms with Gasteiger partial charge >= 0.3 is 0 Å². The predicted molar refractivity (Wildman–Crippen MR) is 87.2 cm³/mol. The maximum Gasteiger partial charge on any atom is 0.253 e. The van der Waals surface area contributed by atoms with Gasteiger partial charge in [-0.15, -0.1) is 11.3 Å². The summed E-state index contributed by atoms with van der Waals surface area (Å²) in [5, 5.41) is 0. The van der Waals surface area contributed by atoms with Crippen LogP contribution in [0.1, 0.15) is 19.3 Å². The Labute approximate surface area is 140 Å². The minimum absolute atomic E-state index is 0.344. The Morgan fingerprint density at radius 2 is 2.09 bits per heavy atom. The monoisotopic (exact) mass is 365 g/mol. The van der Waals surface area contributed by atoms with Crippen LogP contribution >= 0.6 is 22.9 Å². The number of quaternary nitrogens is 1. The van der Waals surface area contributed by atoms with Crippen LogP contribution in [0.2, 0.25) is 4.34 Å². The molecule has 0 unspecified atom stereocenters. The van der Waals surface area contributed by atoms with Crippen molar-refractivity contribution in [3.63, 3.8) is 0 Å². The van der Waals surface area contributed by atoms with E-state index in [0.29, 0.717) is 27.7 Å². The van der Waals surface area contributed by atoms with Crippen molar-refractivity contribution in [3.05, 3.63) is 16.5 Å². The Balaban J connectivity index is 1.55. The number of ether oxygens (including phenoxy) is 1. The third kappa shape index (κ3) is 3.83. The number of thiophene rings is 1. The first-order valence-electron chi connectivity index (χ1n) is 7.76. The van der Waals surface area contributed by atoms with E-state index in [1.54, 1.807) is 16.4 Å². The molecule has 2 aliphatic rings. The second-order valence-corrected chi connectivity index (χ2v) is 9.79. The molecule has 0 spiro atoms. The van der Waals surface area contributed by atoms with Crippen molar-refractivity contribution < 1.29 is 18.1 Å². The van der Waals surface area contributed by atoms with Crippen LogP contribution in [0.3, 0.4) is 0 Å². The van der Waals surface area contributed by atoms with Gasteiger partial charge in [-0.1, -0.05) is 11.6 Å². The number of hydrogen-bond acceptors (Lipinski definition) is 4. The lowest BCUT2D eigenvalue weighted by atomic mass is 10.1. The number of nitrogens with one attached hydrogen (secondary N) is 1. The molecule has 0 bridgehead atoms. The molecule has 22 heavy (non-hydrogen) atoms. The molecule has 2 saturated heterocycles. The number of halogens is 1. The molecule has 8 heteroatoms. The first kappa shape index (κ1) is 16.7. The van der Waals surface area contributed by atoms with Gasteiger partial charge in [0.25, 0.3) is 10.0 Å². The molecule has 0 aliphatic carbocycles. The maximum absolute atomic E-state index is 12.5. The van der Waals surface area contributed by atoms with Gasteiger partial charge in [-0.05, 0) is 31.4 Å². The van der Waals surface area contributed by atoms with Crippen LogP contribution in [0.4, 0.5) is 0 Å². The number of nitrogens with zero attached hydrogens (tertiary/aromatic N) is 1. The van der Waals surface area contributed by atoms with Crippen molar-refractivity contribution in [2.75, 3.05) is 39.3 Å². The molecule has 1 N–H and O–H groups in total. The SMILES string of the molecule is O=S(=O)(c1ccc(Cl)s1)N1CC[NH+](C[C@H]2CCCCO2)CC1. The predicted octanol–water partition coefficient (Wildman–Crippen LogP) is 0.860. The van der Waals surface area contributed by atoms with Crippen molar-refractivity contribution in [1.29, 1.82) is 0 Å². The topological polar surface area (TPSA) is 51.0 Å². The number of sulfonamides is 1. The maximum atomic E-state index is 12.5. The highest BCUT2D eigenvalue weighted by atomic mass is 35.5. The molecule has 0 amide bonds. The molecule has 3 rings (SSSR count). The minimum atomic E-state index is -3.37. The first-order chi connectivity index (χ1) is 10.6. The summed E-state index contributed by atoms with van der Waals surface area (Å²) in [6, 6.07) is 3.23. The molecule has 0 saturated carbocycles. The zero-order chi connectivity index (χ0) is 15.6. The normalized spacial score (nSPS) is 25.4. The molecule has 0 aromatic carbocycles. The van der Waals surface area contributed by atoms with E-state index < -0.39 is 10.0 Å². The Morgan fingerprint density at radius 1 is 1.32 bits per heavy atom. The van der Waals surface area contributed by atoms with Crippen LogP contribution in [0, 0.1) is 0 Å². The summed E-state index contributed by atoms with van der Waals surface area (Å²) in [5.74, 6) is 0. The van der Waals surface area contributed by atoms with Crippen LogP contribution in [0.15, 0.2) is 16.3 Å². The van der Waals surface area contributed by atoms with Crippen molar-refractivity contribution in [2.45, 2.75) is 29.6 Å². The van der Waals surface area contributed by atoms with Crippen molar-refractivity contribution >= 4 is 33.0 Å². The zero-order valence-electron chi connectivity index (χ0n) is 12.5. The summed E-state index contributed by atoms with van der Waals surface area (Å²) < 4.78 is 33.3. The average Bonchev–Trinajstić information content (AvgIpc) is 2.96. The Kier molecular flexibility index (Phi) is 5.42. The summed E-state index contributed by atoms with van der Waals surface area (Å²) in [6.45, 7) is 4.70. The van der Waals surface area contributed by atoms with E-state index in [1.165, 1.54) is 17.7 Å². The summed E-state index contributed by atoms with van der Waals surface area (Å²) in [5.41, 5.74) is 0.